The Bertz CT molecular complexity index is 393. The summed E-state index contributed by atoms with van der Waals surface area (Å²) in [4.78, 5) is 0. The van der Waals surface area contributed by atoms with E-state index in [-0.39, 0.29) is 0 Å². The molecule has 1 aromatic carbocycles. The van der Waals surface area contributed by atoms with Gasteiger partial charge in [0.2, 0.25) is 0 Å². The maximum atomic E-state index is 9.59. The van der Waals surface area contributed by atoms with Crippen LogP contribution in [0.4, 0.5) is 0 Å². The molecule has 20 heavy (non-hydrogen) atoms. The van der Waals surface area contributed by atoms with Crippen LogP contribution in [0.15, 0.2) is 18.2 Å². The second kappa shape index (κ2) is 8.82. The number of methoxy groups -OCH3 is 1. The molecule has 0 heterocycles. The average molecular weight is 281 g/mol. The molecule has 1 aromatic rings. The van der Waals surface area contributed by atoms with Gasteiger partial charge in [0.1, 0.15) is 18.1 Å². The van der Waals surface area contributed by atoms with Gasteiger partial charge in [0.25, 0.3) is 0 Å². The fourth-order valence-electron chi connectivity index (χ4n) is 1.76. The second-order valence-corrected chi connectivity index (χ2v) is 5.37. The first-order chi connectivity index (χ1) is 9.56. The molecule has 1 atom stereocenters. The lowest BCUT2D eigenvalue weighted by atomic mass is 10.1. The van der Waals surface area contributed by atoms with Gasteiger partial charge in [0.05, 0.1) is 13.2 Å². The van der Waals surface area contributed by atoms with Crippen molar-refractivity contribution in [3.63, 3.8) is 0 Å². The van der Waals surface area contributed by atoms with Crippen LogP contribution in [-0.4, -0.2) is 31.5 Å². The molecular formula is C16H27NO3. The molecule has 0 aliphatic carbocycles. The Labute approximate surface area is 122 Å². The molecule has 0 saturated heterocycles. The second-order valence-electron chi connectivity index (χ2n) is 5.37. The van der Waals surface area contributed by atoms with Crippen molar-refractivity contribution in [2.45, 2.75) is 39.8 Å². The quantitative estimate of drug-likeness (QED) is 0.730. The number of aliphatic hydroxyl groups is 1. The van der Waals surface area contributed by atoms with Gasteiger partial charge in [-0.1, -0.05) is 20.8 Å². The van der Waals surface area contributed by atoms with E-state index in [9.17, 15) is 5.11 Å². The Morgan fingerprint density at radius 3 is 2.65 bits per heavy atom. The summed E-state index contributed by atoms with van der Waals surface area (Å²) in [6.45, 7) is 8.29. The molecule has 0 amide bonds. The highest BCUT2D eigenvalue weighted by Crippen LogP contribution is 2.24. The molecular weight excluding hydrogens is 254 g/mol. The van der Waals surface area contributed by atoms with E-state index in [1.807, 2.05) is 25.1 Å². The zero-order valence-corrected chi connectivity index (χ0v) is 13.0. The van der Waals surface area contributed by atoms with Crippen molar-refractivity contribution < 1.29 is 14.6 Å². The maximum Gasteiger partial charge on any atom is 0.124 e. The fraction of sp³-hybridized carbons (Fsp3) is 0.625. The summed E-state index contributed by atoms with van der Waals surface area (Å²) in [5.74, 6) is 2.22. The highest BCUT2D eigenvalue weighted by Gasteiger charge is 2.08. The Hall–Kier alpha value is -1.26. The SMILES string of the molecule is CCC(O)COc1ccc(OC)cc1CNCC(C)C. The first-order valence-corrected chi connectivity index (χ1v) is 7.25. The van der Waals surface area contributed by atoms with Crippen LogP contribution in [0.5, 0.6) is 11.5 Å². The molecule has 0 spiro atoms. The van der Waals surface area contributed by atoms with Crippen LogP contribution in [-0.2, 0) is 6.54 Å². The molecule has 0 aliphatic rings. The minimum atomic E-state index is -0.423. The number of aliphatic hydroxyl groups excluding tert-OH is 1. The van der Waals surface area contributed by atoms with Gasteiger partial charge in [-0.2, -0.15) is 0 Å². The minimum absolute atomic E-state index is 0.319. The zero-order chi connectivity index (χ0) is 15.0. The Balaban J connectivity index is 2.70. The molecule has 0 saturated carbocycles. The van der Waals surface area contributed by atoms with Gasteiger partial charge in [0.15, 0.2) is 0 Å². The first-order valence-electron chi connectivity index (χ1n) is 7.25. The fourth-order valence-corrected chi connectivity index (χ4v) is 1.76. The van der Waals surface area contributed by atoms with E-state index in [4.69, 9.17) is 9.47 Å². The van der Waals surface area contributed by atoms with E-state index < -0.39 is 6.10 Å². The molecule has 4 nitrogen and oxygen atoms in total. The molecule has 0 aliphatic heterocycles. The Morgan fingerprint density at radius 1 is 1.30 bits per heavy atom. The topological polar surface area (TPSA) is 50.7 Å². The lowest BCUT2D eigenvalue weighted by Crippen LogP contribution is -2.21. The normalized spacial score (nSPS) is 12.5. The van der Waals surface area contributed by atoms with Crippen molar-refractivity contribution >= 4 is 0 Å². The molecule has 0 bridgehead atoms. The molecule has 2 N–H and O–H groups in total. The van der Waals surface area contributed by atoms with Crippen molar-refractivity contribution in [1.29, 1.82) is 0 Å². The highest BCUT2D eigenvalue weighted by molar-refractivity contribution is 5.40. The minimum Gasteiger partial charge on any atom is -0.497 e. The van der Waals surface area contributed by atoms with Gasteiger partial charge in [-0.25, -0.2) is 0 Å². The smallest absolute Gasteiger partial charge is 0.124 e. The number of benzene rings is 1. The van der Waals surface area contributed by atoms with E-state index in [1.165, 1.54) is 0 Å². The van der Waals surface area contributed by atoms with Crippen LogP contribution < -0.4 is 14.8 Å². The van der Waals surface area contributed by atoms with Crippen LogP contribution in [0.2, 0.25) is 0 Å². The number of nitrogens with one attached hydrogen (secondary N) is 1. The van der Waals surface area contributed by atoms with Crippen LogP contribution >= 0.6 is 0 Å². The standard InChI is InChI=1S/C16H27NO3/c1-5-14(18)11-20-16-7-6-15(19-4)8-13(16)10-17-9-12(2)3/h6-8,12,14,17-18H,5,9-11H2,1-4H3. The summed E-state index contributed by atoms with van der Waals surface area (Å²) >= 11 is 0. The van der Waals surface area contributed by atoms with Gasteiger partial charge < -0.3 is 19.9 Å². The van der Waals surface area contributed by atoms with E-state index >= 15 is 0 Å². The largest absolute Gasteiger partial charge is 0.497 e. The third-order valence-corrected chi connectivity index (χ3v) is 3.04. The van der Waals surface area contributed by atoms with Crippen molar-refractivity contribution in [2.24, 2.45) is 5.92 Å². The third-order valence-electron chi connectivity index (χ3n) is 3.04. The maximum absolute atomic E-state index is 9.59. The van der Waals surface area contributed by atoms with Gasteiger partial charge in [-0.15, -0.1) is 0 Å². The Kier molecular flexibility index (Phi) is 7.41. The summed E-state index contributed by atoms with van der Waals surface area (Å²) in [7, 11) is 1.65. The van der Waals surface area contributed by atoms with Crippen LogP contribution in [0, 0.1) is 5.92 Å². The van der Waals surface area contributed by atoms with E-state index in [0.717, 1.165) is 30.2 Å². The highest BCUT2D eigenvalue weighted by atomic mass is 16.5. The predicted octanol–water partition coefficient (Wildman–Crippen LogP) is 2.59. The molecule has 0 fully saturated rings. The summed E-state index contributed by atoms with van der Waals surface area (Å²) in [6.07, 6.45) is 0.269. The molecule has 0 aromatic heterocycles. The lowest BCUT2D eigenvalue weighted by molar-refractivity contribution is 0.104. The zero-order valence-electron chi connectivity index (χ0n) is 13.0. The van der Waals surface area contributed by atoms with E-state index in [2.05, 4.69) is 19.2 Å². The molecule has 1 unspecified atom stereocenters. The molecule has 0 radical (unpaired) electrons. The van der Waals surface area contributed by atoms with Gasteiger partial charge in [-0.3, -0.25) is 0 Å². The molecule has 114 valence electrons. The van der Waals surface area contributed by atoms with Crippen LogP contribution in [0.25, 0.3) is 0 Å². The van der Waals surface area contributed by atoms with Crippen LogP contribution in [0.1, 0.15) is 32.8 Å². The molecule has 1 rings (SSSR count). The Morgan fingerprint density at radius 2 is 2.05 bits per heavy atom. The van der Waals surface area contributed by atoms with Gasteiger partial charge in [-0.05, 0) is 37.1 Å². The summed E-state index contributed by atoms with van der Waals surface area (Å²) < 4.78 is 11.0. The molecule has 4 heteroatoms. The monoisotopic (exact) mass is 281 g/mol. The number of hydrogen-bond acceptors (Lipinski definition) is 4. The van der Waals surface area contributed by atoms with Crippen molar-refractivity contribution in [1.82, 2.24) is 5.32 Å². The van der Waals surface area contributed by atoms with E-state index in [1.54, 1.807) is 7.11 Å². The first kappa shape index (κ1) is 16.8. The number of rotatable bonds is 9. The van der Waals surface area contributed by atoms with Crippen molar-refractivity contribution in [3.8, 4) is 11.5 Å². The van der Waals surface area contributed by atoms with Crippen LogP contribution in [0.3, 0.4) is 0 Å². The van der Waals surface area contributed by atoms with Crippen molar-refractivity contribution in [3.05, 3.63) is 23.8 Å². The van der Waals surface area contributed by atoms with Gasteiger partial charge >= 0.3 is 0 Å². The number of hydrogen-bond donors (Lipinski definition) is 2. The predicted molar refractivity (Wildman–Crippen MR) is 81.3 cm³/mol. The lowest BCUT2D eigenvalue weighted by Gasteiger charge is -2.16. The van der Waals surface area contributed by atoms with E-state index in [0.29, 0.717) is 18.9 Å². The van der Waals surface area contributed by atoms with Gasteiger partial charge in [0, 0.05) is 12.1 Å². The summed E-state index contributed by atoms with van der Waals surface area (Å²) in [5, 5.41) is 13.0. The van der Waals surface area contributed by atoms with Crippen molar-refractivity contribution in [2.75, 3.05) is 20.3 Å². The average Bonchev–Trinajstić information content (AvgIpc) is 2.44. The third kappa shape index (κ3) is 5.80. The summed E-state index contributed by atoms with van der Waals surface area (Å²) in [5.41, 5.74) is 1.05. The number of ether oxygens (including phenoxy) is 2. The summed E-state index contributed by atoms with van der Waals surface area (Å²) in [6, 6.07) is 5.74.